The summed E-state index contributed by atoms with van der Waals surface area (Å²) >= 11 is 3.53. The van der Waals surface area contributed by atoms with E-state index >= 15 is 0 Å². The highest BCUT2D eigenvalue weighted by Gasteiger charge is 2.20. The van der Waals surface area contributed by atoms with Crippen LogP contribution >= 0.6 is 15.9 Å². The van der Waals surface area contributed by atoms with Crippen LogP contribution in [0.15, 0.2) is 22.9 Å². The van der Waals surface area contributed by atoms with Gasteiger partial charge in [-0.3, -0.25) is 0 Å². The van der Waals surface area contributed by atoms with Crippen LogP contribution in [0.3, 0.4) is 0 Å². The zero-order valence-corrected chi connectivity index (χ0v) is 10.7. The molecular weight excluding hydrogens is 268 g/mol. The van der Waals surface area contributed by atoms with Crippen LogP contribution in [0.2, 0.25) is 0 Å². The first-order valence-electron chi connectivity index (χ1n) is 5.47. The predicted molar refractivity (Wildman–Crippen MR) is 66.5 cm³/mol. The molecule has 3 nitrogen and oxygen atoms in total. The average Bonchev–Trinajstić information content (AvgIpc) is 2.62. The van der Waals surface area contributed by atoms with Gasteiger partial charge in [0.25, 0.3) is 0 Å². The molecule has 0 saturated carbocycles. The van der Waals surface area contributed by atoms with Gasteiger partial charge in [0.1, 0.15) is 5.52 Å². The van der Waals surface area contributed by atoms with Gasteiger partial charge < -0.3 is 9.30 Å². The smallest absolute Gasteiger partial charge is 0.103 e. The summed E-state index contributed by atoms with van der Waals surface area (Å²) in [5.41, 5.74) is 3.51. The van der Waals surface area contributed by atoms with Crippen LogP contribution in [-0.2, 0) is 11.3 Å². The molecule has 1 fully saturated rings. The Hall–Kier alpha value is -0.870. The third-order valence-corrected chi connectivity index (χ3v) is 3.75. The van der Waals surface area contributed by atoms with Gasteiger partial charge in [0.15, 0.2) is 0 Å². The highest BCUT2D eigenvalue weighted by atomic mass is 79.9. The maximum absolute atomic E-state index is 5.46. The molecule has 1 aromatic heterocycles. The molecule has 2 aromatic rings. The van der Waals surface area contributed by atoms with Crippen LogP contribution in [0.1, 0.15) is 12.0 Å². The fraction of sp³-hybridized carbons (Fsp3) is 0.417. The van der Waals surface area contributed by atoms with E-state index in [0.717, 1.165) is 29.6 Å². The first kappa shape index (κ1) is 10.3. The van der Waals surface area contributed by atoms with Crippen LogP contribution < -0.4 is 0 Å². The fourth-order valence-corrected chi connectivity index (χ4v) is 2.54. The van der Waals surface area contributed by atoms with Gasteiger partial charge in [-0.1, -0.05) is 6.07 Å². The van der Waals surface area contributed by atoms with Crippen LogP contribution in [0.25, 0.3) is 11.0 Å². The number of halogens is 1. The quantitative estimate of drug-likeness (QED) is 0.846. The number of ether oxygens (including phenoxy) is 1. The minimum Gasteiger partial charge on any atom is -0.376 e. The van der Waals surface area contributed by atoms with E-state index in [4.69, 9.17) is 4.74 Å². The van der Waals surface area contributed by atoms with E-state index in [0.29, 0.717) is 6.10 Å². The molecule has 0 bridgehead atoms. The molecule has 0 radical (unpaired) electrons. The Morgan fingerprint density at radius 2 is 2.38 bits per heavy atom. The summed E-state index contributed by atoms with van der Waals surface area (Å²) in [6.07, 6.45) is 3.44. The van der Waals surface area contributed by atoms with Gasteiger partial charge in [-0.05, 0) is 40.9 Å². The number of hydrogen-bond donors (Lipinski definition) is 0. The van der Waals surface area contributed by atoms with E-state index in [-0.39, 0.29) is 0 Å². The maximum atomic E-state index is 5.46. The van der Waals surface area contributed by atoms with Gasteiger partial charge in [-0.2, -0.15) is 0 Å². The lowest BCUT2D eigenvalue weighted by Crippen LogP contribution is -2.31. The van der Waals surface area contributed by atoms with Crippen molar-refractivity contribution in [2.45, 2.75) is 26.0 Å². The van der Waals surface area contributed by atoms with Gasteiger partial charge >= 0.3 is 0 Å². The SMILES string of the molecule is Cc1ccc(Br)c2ncn(C[C@@H]3CCO3)c12. The molecule has 0 aliphatic carbocycles. The number of benzene rings is 1. The zero-order valence-electron chi connectivity index (χ0n) is 9.11. The molecule has 1 aliphatic rings. The maximum Gasteiger partial charge on any atom is 0.103 e. The Kier molecular flexibility index (Phi) is 2.48. The monoisotopic (exact) mass is 280 g/mol. The number of fused-ring (bicyclic) bond motifs is 1. The molecular formula is C12H13BrN2O. The van der Waals surface area contributed by atoms with Gasteiger partial charge in [0.2, 0.25) is 0 Å². The van der Waals surface area contributed by atoms with Crippen molar-refractivity contribution in [3.8, 4) is 0 Å². The molecule has 16 heavy (non-hydrogen) atoms. The standard InChI is InChI=1S/C12H13BrN2O/c1-8-2-3-10(13)11-12(8)15(7-14-11)6-9-4-5-16-9/h2-3,7,9H,4-6H2,1H3/t9-/m0/s1. The topological polar surface area (TPSA) is 27.1 Å². The Balaban J connectivity index is 2.07. The van der Waals surface area contributed by atoms with E-state index in [9.17, 15) is 0 Å². The highest BCUT2D eigenvalue weighted by molar-refractivity contribution is 9.10. The van der Waals surface area contributed by atoms with E-state index in [1.165, 1.54) is 11.1 Å². The number of aryl methyl sites for hydroxylation is 1. The van der Waals surface area contributed by atoms with Crippen molar-refractivity contribution in [1.29, 1.82) is 0 Å². The molecule has 0 amide bonds. The Labute approximate surface area is 103 Å². The third kappa shape index (κ3) is 1.57. The largest absolute Gasteiger partial charge is 0.376 e. The second-order valence-electron chi connectivity index (χ2n) is 4.24. The van der Waals surface area contributed by atoms with Crippen molar-refractivity contribution in [2.24, 2.45) is 0 Å². The fourth-order valence-electron chi connectivity index (χ4n) is 2.11. The van der Waals surface area contributed by atoms with E-state index in [1.54, 1.807) is 0 Å². The average molecular weight is 281 g/mol. The lowest BCUT2D eigenvalue weighted by Gasteiger charge is -2.26. The van der Waals surface area contributed by atoms with Crippen molar-refractivity contribution in [1.82, 2.24) is 9.55 Å². The highest BCUT2D eigenvalue weighted by Crippen LogP contribution is 2.26. The number of rotatable bonds is 2. The Morgan fingerprint density at radius 1 is 1.56 bits per heavy atom. The number of hydrogen-bond acceptors (Lipinski definition) is 2. The van der Waals surface area contributed by atoms with E-state index in [2.05, 4.69) is 44.5 Å². The van der Waals surface area contributed by atoms with Crippen molar-refractivity contribution in [3.05, 3.63) is 28.5 Å². The summed E-state index contributed by atoms with van der Waals surface area (Å²) in [6, 6.07) is 4.17. The third-order valence-electron chi connectivity index (χ3n) is 3.11. The molecule has 84 valence electrons. The first-order valence-corrected chi connectivity index (χ1v) is 6.26. The molecule has 1 saturated heterocycles. The van der Waals surface area contributed by atoms with Crippen molar-refractivity contribution >= 4 is 27.0 Å². The Bertz CT molecular complexity index is 531. The molecule has 1 aromatic carbocycles. The number of aromatic nitrogens is 2. The number of imidazole rings is 1. The van der Waals surface area contributed by atoms with Crippen LogP contribution in [-0.4, -0.2) is 22.3 Å². The van der Waals surface area contributed by atoms with Crippen molar-refractivity contribution < 1.29 is 4.74 Å². The summed E-state index contributed by atoms with van der Waals surface area (Å²) < 4.78 is 8.71. The molecule has 1 aliphatic heterocycles. The lowest BCUT2D eigenvalue weighted by atomic mass is 10.1. The summed E-state index contributed by atoms with van der Waals surface area (Å²) in [7, 11) is 0. The molecule has 0 N–H and O–H groups in total. The molecule has 4 heteroatoms. The zero-order chi connectivity index (χ0) is 11.1. The Morgan fingerprint density at radius 3 is 3.06 bits per heavy atom. The lowest BCUT2D eigenvalue weighted by molar-refractivity contribution is -0.0586. The van der Waals surface area contributed by atoms with Gasteiger partial charge in [-0.25, -0.2) is 4.98 Å². The van der Waals surface area contributed by atoms with Crippen LogP contribution in [0.4, 0.5) is 0 Å². The van der Waals surface area contributed by atoms with E-state index < -0.39 is 0 Å². The van der Waals surface area contributed by atoms with Gasteiger partial charge in [-0.15, -0.1) is 0 Å². The normalized spacial score (nSPS) is 20.0. The second kappa shape index (κ2) is 3.86. The van der Waals surface area contributed by atoms with Crippen LogP contribution in [0, 0.1) is 6.92 Å². The summed E-state index contributed by atoms with van der Waals surface area (Å²) in [6.45, 7) is 3.93. The summed E-state index contributed by atoms with van der Waals surface area (Å²) in [4.78, 5) is 4.45. The molecule has 2 heterocycles. The molecule has 3 rings (SSSR count). The van der Waals surface area contributed by atoms with Gasteiger partial charge in [0.05, 0.1) is 24.5 Å². The minimum atomic E-state index is 0.371. The number of nitrogens with zero attached hydrogens (tertiary/aromatic N) is 2. The second-order valence-corrected chi connectivity index (χ2v) is 5.09. The van der Waals surface area contributed by atoms with Gasteiger partial charge in [0, 0.05) is 11.1 Å². The molecule has 1 atom stereocenters. The van der Waals surface area contributed by atoms with E-state index in [1.807, 2.05) is 6.33 Å². The first-order chi connectivity index (χ1) is 7.75. The minimum absolute atomic E-state index is 0.371. The molecule has 0 spiro atoms. The predicted octanol–water partition coefficient (Wildman–Crippen LogP) is 2.90. The van der Waals surface area contributed by atoms with Crippen molar-refractivity contribution in [3.63, 3.8) is 0 Å². The summed E-state index contributed by atoms with van der Waals surface area (Å²) in [5, 5.41) is 0. The van der Waals surface area contributed by atoms with Crippen LogP contribution in [0.5, 0.6) is 0 Å². The summed E-state index contributed by atoms with van der Waals surface area (Å²) in [5.74, 6) is 0. The molecule has 0 unspecified atom stereocenters. The van der Waals surface area contributed by atoms with Crippen molar-refractivity contribution in [2.75, 3.05) is 6.61 Å².